The van der Waals surface area contributed by atoms with Gasteiger partial charge in [-0.05, 0) is 6.07 Å². The first kappa shape index (κ1) is 20.2. The van der Waals surface area contributed by atoms with Crippen molar-refractivity contribution in [1.29, 1.82) is 0 Å². The summed E-state index contributed by atoms with van der Waals surface area (Å²) in [5, 5.41) is 0. The summed E-state index contributed by atoms with van der Waals surface area (Å²) in [6.07, 6.45) is 0.338. The minimum Gasteiger partial charge on any atom is -0.744 e. The first-order valence-electron chi connectivity index (χ1n) is 3.06. The van der Waals surface area contributed by atoms with Crippen molar-refractivity contribution in [3.05, 3.63) is 29.8 Å². The van der Waals surface area contributed by atoms with Gasteiger partial charge in [0.05, 0.1) is 4.90 Å². The molecule has 1 aromatic rings. The van der Waals surface area contributed by atoms with Crippen LogP contribution < -0.4 is 29.6 Å². The Kier molecular flexibility index (Phi) is 10.7. The predicted molar refractivity (Wildman–Crippen MR) is 47.0 cm³/mol. The largest absolute Gasteiger partial charge is 1.00 e. The molecule has 0 saturated carbocycles. The first-order chi connectivity index (χ1) is 5.55. The van der Waals surface area contributed by atoms with Gasteiger partial charge in [0.15, 0.2) is 6.29 Å². The van der Waals surface area contributed by atoms with Crippen LogP contribution in [0, 0.1) is 0 Å². The Hall–Kier alpha value is -0.280. The summed E-state index contributed by atoms with van der Waals surface area (Å²) in [5.74, 6) is 0. The van der Waals surface area contributed by atoms with Gasteiger partial charge in [-0.3, -0.25) is 4.79 Å². The molecular formula is C7H9NaO6S. The van der Waals surface area contributed by atoms with Crippen LogP contribution in [-0.2, 0) is 10.1 Å². The third kappa shape index (κ3) is 5.38. The van der Waals surface area contributed by atoms with Gasteiger partial charge in [-0.1, -0.05) is 18.2 Å². The van der Waals surface area contributed by atoms with E-state index in [-0.39, 0.29) is 46.1 Å². The molecule has 0 fully saturated rings. The van der Waals surface area contributed by atoms with Gasteiger partial charge in [0.1, 0.15) is 10.1 Å². The van der Waals surface area contributed by atoms with Gasteiger partial charge >= 0.3 is 29.6 Å². The number of aldehydes is 1. The molecule has 1 rings (SSSR count). The molecule has 0 unspecified atom stereocenters. The maximum Gasteiger partial charge on any atom is 1.00 e. The summed E-state index contributed by atoms with van der Waals surface area (Å²) >= 11 is 0. The van der Waals surface area contributed by atoms with Crippen molar-refractivity contribution in [1.82, 2.24) is 0 Å². The SMILES string of the molecule is O.O.O=Cc1ccccc1S(=O)(=O)[O-].[Na+]. The number of benzene rings is 1. The normalized spacial score (nSPS) is 8.87. The molecule has 6 nitrogen and oxygen atoms in total. The van der Waals surface area contributed by atoms with Crippen LogP contribution in [0.1, 0.15) is 10.4 Å². The van der Waals surface area contributed by atoms with Crippen molar-refractivity contribution in [2.75, 3.05) is 0 Å². The van der Waals surface area contributed by atoms with Crippen LogP contribution in [0.2, 0.25) is 0 Å². The summed E-state index contributed by atoms with van der Waals surface area (Å²) in [6, 6.07) is 5.25. The second-order valence-corrected chi connectivity index (χ2v) is 3.46. The minimum atomic E-state index is -4.53. The minimum absolute atomic E-state index is 0. The molecule has 15 heavy (non-hydrogen) atoms. The van der Waals surface area contributed by atoms with Gasteiger partial charge < -0.3 is 15.5 Å². The van der Waals surface area contributed by atoms with E-state index in [2.05, 4.69) is 0 Å². The number of carbonyl (C=O) groups is 1. The van der Waals surface area contributed by atoms with E-state index in [9.17, 15) is 17.8 Å². The van der Waals surface area contributed by atoms with E-state index in [4.69, 9.17) is 0 Å². The zero-order valence-corrected chi connectivity index (χ0v) is 10.7. The Morgan fingerprint density at radius 1 is 1.13 bits per heavy atom. The Balaban J connectivity index is -0.000000480. The smallest absolute Gasteiger partial charge is 0.744 e. The molecule has 1 aromatic carbocycles. The van der Waals surface area contributed by atoms with E-state index in [0.29, 0.717) is 6.29 Å². The molecule has 0 atom stereocenters. The average molecular weight is 244 g/mol. The van der Waals surface area contributed by atoms with Gasteiger partial charge in [0.2, 0.25) is 0 Å². The van der Waals surface area contributed by atoms with Crippen molar-refractivity contribution in [3.63, 3.8) is 0 Å². The maximum absolute atomic E-state index is 10.5. The molecule has 0 amide bonds. The van der Waals surface area contributed by atoms with E-state index in [1.165, 1.54) is 18.2 Å². The summed E-state index contributed by atoms with van der Waals surface area (Å²) in [7, 11) is -4.53. The van der Waals surface area contributed by atoms with E-state index in [1.54, 1.807) is 0 Å². The Bertz CT molecular complexity index is 402. The molecule has 0 heterocycles. The van der Waals surface area contributed by atoms with Crippen LogP contribution >= 0.6 is 0 Å². The molecule has 0 aliphatic rings. The maximum atomic E-state index is 10.5. The van der Waals surface area contributed by atoms with E-state index in [0.717, 1.165) is 6.07 Å². The van der Waals surface area contributed by atoms with Crippen LogP contribution in [0.5, 0.6) is 0 Å². The quantitative estimate of drug-likeness (QED) is 0.295. The summed E-state index contributed by atoms with van der Waals surface area (Å²) in [4.78, 5) is 9.80. The summed E-state index contributed by atoms with van der Waals surface area (Å²) < 4.78 is 31.5. The van der Waals surface area contributed by atoms with E-state index < -0.39 is 15.0 Å². The van der Waals surface area contributed by atoms with Gasteiger partial charge in [-0.15, -0.1) is 0 Å². The molecule has 0 saturated heterocycles. The Labute approximate surface area is 109 Å². The zero-order valence-electron chi connectivity index (χ0n) is 7.93. The summed E-state index contributed by atoms with van der Waals surface area (Å²) in [5.41, 5.74) is -0.104. The van der Waals surface area contributed by atoms with E-state index >= 15 is 0 Å². The van der Waals surface area contributed by atoms with Crippen LogP contribution in [0.4, 0.5) is 0 Å². The second kappa shape index (κ2) is 7.94. The fraction of sp³-hybridized carbons (Fsp3) is 0. The number of hydrogen-bond acceptors (Lipinski definition) is 4. The van der Waals surface area contributed by atoms with Crippen molar-refractivity contribution in [3.8, 4) is 0 Å². The van der Waals surface area contributed by atoms with Crippen LogP contribution in [0.15, 0.2) is 29.2 Å². The molecule has 0 spiro atoms. The van der Waals surface area contributed by atoms with Crippen molar-refractivity contribution < 1.29 is 58.3 Å². The number of rotatable bonds is 2. The molecule has 0 aliphatic heterocycles. The standard InChI is InChI=1S/C7H6O4S.Na.2H2O/c8-5-6-3-1-2-4-7(6)12(9,10)11;;;/h1-5H,(H,9,10,11);;2*1H2/q;+1;;/p-1. The average Bonchev–Trinajstić information content (AvgIpc) is 2.03. The molecule has 0 radical (unpaired) electrons. The molecule has 80 valence electrons. The van der Waals surface area contributed by atoms with Crippen LogP contribution in [-0.4, -0.2) is 30.2 Å². The molecule has 0 aromatic heterocycles. The van der Waals surface area contributed by atoms with Gasteiger partial charge in [0, 0.05) is 5.56 Å². The van der Waals surface area contributed by atoms with E-state index in [1.807, 2.05) is 0 Å². The van der Waals surface area contributed by atoms with Gasteiger partial charge in [0.25, 0.3) is 0 Å². The topological polar surface area (TPSA) is 137 Å². The molecular weight excluding hydrogens is 235 g/mol. The molecule has 0 aliphatic carbocycles. The number of hydrogen-bond donors (Lipinski definition) is 0. The van der Waals surface area contributed by atoms with Crippen molar-refractivity contribution in [2.45, 2.75) is 4.90 Å². The van der Waals surface area contributed by atoms with Crippen LogP contribution in [0.3, 0.4) is 0 Å². The molecule has 8 heteroatoms. The second-order valence-electron chi connectivity index (χ2n) is 2.11. The third-order valence-electron chi connectivity index (χ3n) is 1.32. The molecule has 4 N–H and O–H groups in total. The van der Waals surface area contributed by atoms with Gasteiger partial charge in [-0.2, -0.15) is 0 Å². The van der Waals surface area contributed by atoms with Crippen molar-refractivity contribution in [2.24, 2.45) is 0 Å². The van der Waals surface area contributed by atoms with Crippen LogP contribution in [0.25, 0.3) is 0 Å². The fourth-order valence-electron chi connectivity index (χ4n) is 0.806. The zero-order chi connectivity index (χ0) is 9.19. The monoisotopic (exact) mass is 244 g/mol. The predicted octanol–water partition coefficient (Wildman–Crippen LogP) is -4.24. The summed E-state index contributed by atoms with van der Waals surface area (Å²) in [6.45, 7) is 0. The fourth-order valence-corrected chi connectivity index (χ4v) is 1.46. The Morgan fingerprint density at radius 2 is 1.60 bits per heavy atom. The van der Waals surface area contributed by atoms with Crippen molar-refractivity contribution >= 4 is 16.4 Å². The third-order valence-corrected chi connectivity index (χ3v) is 2.23. The Morgan fingerprint density at radius 3 is 1.93 bits per heavy atom. The number of carbonyl (C=O) groups excluding carboxylic acids is 1. The van der Waals surface area contributed by atoms with Gasteiger partial charge in [-0.25, -0.2) is 8.42 Å². The molecule has 0 bridgehead atoms. The first-order valence-corrected chi connectivity index (χ1v) is 4.46.